The predicted octanol–water partition coefficient (Wildman–Crippen LogP) is 3.93. The van der Waals surface area contributed by atoms with E-state index in [0.717, 1.165) is 12.2 Å². The summed E-state index contributed by atoms with van der Waals surface area (Å²) < 4.78 is 0. The maximum absolute atomic E-state index is 10.7. The SMILES string of the molecule is CC(C)CN(CCC(=O)O)c1cc(Cl)ccc1Cl. The zero-order chi connectivity index (χ0) is 13.7. The first-order valence-corrected chi connectivity index (χ1v) is 6.57. The van der Waals surface area contributed by atoms with Crippen LogP contribution in [0.2, 0.25) is 10.0 Å². The molecule has 0 aliphatic rings. The van der Waals surface area contributed by atoms with Gasteiger partial charge in [0.15, 0.2) is 0 Å². The molecule has 1 aromatic carbocycles. The van der Waals surface area contributed by atoms with Crippen LogP contribution in [-0.4, -0.2) is 24.2 Å². The summed E-state index contributed by atoms with van der Waals surface area (Å²) in [7, 11) is 0. The average molecular weight is 290 g/mol. The van der Waals surface area contributed by atoms with Crippen molar-refractivity contribution in [3.63, 3.8) is 0 Å². The molecule has 1 rings (SSSR count). The number of rotatable bonds is 6. The number of anilines is 1. The van der Waals surface area contributed by atoms with Gasteiger partial charge in [-0.05, 0) is 24.1 Å². The van der Waals surface area contributed by atoms with E-state index in [4.69, 9.17) is 28.3 Å². The molecule has 0 unspecified atom stereocenters. The van der Waals surface area contributed by atoms with Crippen LogP contribution in [0.25, 0.3) is 0 Å². The second-order valence-corrected chi connectivity index (χ2v) is 5.42. The topological polar surface area (TPSA) is 40.5 Å². The Morgan fingerprint density at radius 3 is 2.61 bits per heavy atom. The first-order valence-electron chi connectivity index (χ1n) is 5.82. The molecule has 0 fully saturated rings. The monoisotopic (exact) mass is 289 g/mol. The number of carboxylic acids is 1. The lowest BCUT2D eigenvalue weighted by atomic mass is 10.1. The molecule has 0 spiro atoms. The Labute approximate surface area is 117 Å². The molecule has 3 nitrogen and oxygen atoms in total. The minimum atomic E-state index is -0.818. The van der Waals surface area contributed by atoms with E-state index in [9.17, 15) is 4.79 Å². The molecule has 0 aromatic heterocycles. The summed E-state index contributed by atoms with van der Waals surface area (Å²) in [5, 5.41) is 9.97. The molecule has 5 heteroatoms. The van der Waals surface area contributed by atoms with Crippen molar-refractivity contribution in [2.75, 3.05) is 18.0 Å². The Kier molecular flexibility index (Phi) is 5.76. The van der Waals surface area contributed by atoms with Crippen LogP contribution in [-0.2, 0) is 4.79 Å². The molecule has 0 saturated heterocycles. The van der Waals surface area contributed by atoms with Crippen LogP contribution >= 0.6 is 23.2 Å². The van der Waals surface area contributed by atoms with Gasteiger partial charge in [-0.25, -0.2) is 0 Å². The number of carbonyl (C=O) groups is 1. The molecule has 0 atom stereocenters. The second-order valence-electron chi connectivity index (χ2n) is 4.58. The normalized spacial score (nSPS) is 10.7. The fourth-order valence-electron chi connectivity index (χ4n) is 1.71. The highest BCUT2D eigenvalue weighted by atomic mass is 35.5. The average Bonchev–Trinajstić information content (AvgIpc) is 2.27. The molecule has 0 heterocycles. The van der Waals surface area contributed by atoms with Gasteiger partial charge in [0.2, 0.25) is 0 Å². The Morgan fingerprint density at radius 2 is 2.06 bits per heavy atom. The number of hydrogen-bond acceptors (Lipinski definition) is 2. The maximum atomic E-state index is 10.7. The third kappa shape index (κ3) is 4.75. The molecule has 0 aliphatic heterocycles. The molecule has 100 valence electrons. The zero-order valence-electron chi connectivity index (χ0n) is 10.5. The summed E-state index contributed by atoms with van der Waals surface area (Å²) >= 11 is 12.1. The van der Waals surface area contributed by atoms with Gasteiger partial charge in [-0.1, -0.05) is 37.0 Å². The maximum Gasteiger partial charge on any atom is 0.305 e. The molecule has 1 aromatic rings. The fourth-order valence-corrected chi connectivity index (χ4v) is 2.11. The number of nitrogens with zero attached hydrogens (tertiary/aromatic N) is 1. The molecule has 0 saturated carbocycles. The Bertz CT molecular complexity index is 421. The van der Waals surface area contributed by atoms with Crippen molar-refractivity contribution in [1.82, 2.24) is 0 Å². The van der Waals surface area contributed by atoms with Crippen molar-refractivity contribution in [3.8, 4) is 0 Å². The van der Waals surface area contributed by atoms with E-state index in [1.165, 1.54) is 0 Å². The first-order chi connectivity index (χ1) is 8.40. The summed E-state index contributed by atoms with van der Waals surface area (Å²) in [5.74, 6) is -0.407. The van der Waals surface area contributed by atoms with E-state index in [1.807, 2.05) is 4.90 Å². The number of halogens is 2. The lowest BCUT2D eigenvalue weighted by Crippen LogP contribution is -2.30. The molecular formula is C13H17Cl2NO2. The van der Waals surface area contributed by atoms with E-state index in [-0.39, 0.29) is 6.42 Å². The highest BCUT2D eigenvalue weighted by Gasteiger charge is 2.14. The van der Waals surface area contributed by atoms with Crippen molar-refractivity contribution in [2.24, 2.45) is 5.92 Å². The second kappa shape index (κ2) is 6.86. The Morgan fingerprint density at radius 1 is 1.39 bits per heavy atom. The molecule has 0 amide bonds. The van der Waals surface area contributed by atoms with Crippen molar-refractivity contribution in [1.29, 1.82) is 0 Å². The van der Waals surface area contributed by atoms with E-state index in [1.54, 1.807) is 18.2 Å². The summed E-state index contributed by atoms with van der Waals surface area (Å²) in [5.41, 5.74) is 0.791. The Hall–Kier alpha value is -0.930. The largest absolute Gasteiger partial charge is 0.481 e. The molecule has 18 heavy (non-hydrogen) atoms. The van der Waals surface area contributed by atoms with Gasteiger partial charge in [-0.3, -0.25) is 4.79 Å². The molecule has 0 bridgehead atoms. The third-order valence-corrected chi connectivity index (χ3v) is 2.98. The van der Waals surface area contributed by atoms with Crippen molar-refractivity contribution >= 4 is 34.9 Å². The van der Waals surface area contributed by atoms with Crippen LogP contribution in [0.5, 0.6) is 0 Å². The van der Waals surface area contributed by atoms with Gasteiger partial charge < -0.3 is 10.0 Å². The molecule has 0 aliphatic carbocycles. The lowest BCUT2D eigenvalue weighted by molar-refractivity contribution is -0.136. The van der Waals surface area contributed by atoms with Crippen LogP contribution in [0.4, 0.5) is 5.69 Å². The smallest absolute Gasteiger partial charge is 0.305 e. The first kappa shape index (κ1) is 15.1. The summed E-state index contributed by atoms with van der Waals surface area (Å²) in [4.78, 5) is 12.7. The van der Waals surface area contributed by atoms with Crippen molar-refractivity contribution in [3.05, 3.63) is 28.2 Å². The van der Waals surface area contributed by atoms with Gasteiger partial charge >= 0.3 is 5.97 Å². The molecule has 1 N–H and O–H groups in total. The van der Waals surface area contributed by atoms with E-state index < -0.39 is 5.97 Å². The highest BCUT2D eigenvalue weighted by Crippen LogP contribution is 2.29. The fraction of sp³-hybridized carbons (Fsp3) is 0.462. The van der Waals surface area contributed by atoms with Crippen LogP contribution in [0, 0.1) is 5.92 Å². The third-order valence-electron chi connectivity index (χ3n) is 2.43. The number of aliphatic carboxylic acids is 1. The van der Waals surface area contributed by atoms with Crippen molar-refractivity contribution in [2.45, 2.75) is 20.3 Å². The summed E-state index contributed by atoms with van der Waals surface area (Å²) in [6.07, 6.45) is 0.0789. The number of carboxylic acid groups (broad SMARTS) is 1. The van der Waals surface area contributed by atoms with Gasteiger partial charge in [0.05, 0.1) is 17.1 Å². The van der Waals surface area contributed by atoms with E-state index in [0.29, 0.717) is 22.5 Å². The van der Waals surface area contributed by atoms with Crippen molar-refractivity contribution < 1.29 is 9.90 Å². The standard InChI is InChI=1S/C13H17Cl2NO2/c1-9(2)8-16(6-5-13(17)18)12-7-10(14)3-4-11(12)15/h3-4,7,9H,5-6,8H2,1-2H3,(H,17,18). The quantitative estimate of drug-likeness (QED) is 0.863. The lowest BCUT2D eigenvalue weighted by Gasteiger charge is -2.27. The minimum absolute atomic E-state index is 0.0789. The van der Waals surface area contributed by atoms with Crippen LogP contribution < -0.4 is 4.90 Å². The predicted molar refractivity (Wildman–Crippen MR) is 75.8 cm³/mol. The van der Waals surface area contributed by atoms with Gasteiger partial charge in [0.1, 0.15) is 0 Å². The van der Waals surface area contributed by atoms with Gasteiger partial charge in [-0.2, -0.15) is 0 Å². The highest BCUT2D eigenvalue weighted by molar-refractivity contribution is 6.35. The molecule has 0 radical (unpaired) electrons. The summed E-state index contributed by atoms with van der Waals surface area (Å²) in [6.45, 7) is 5.32. The van der Waals surface area contributed by atoms with E-state index in [2.05, 4.69) is 13.8 Å². The summed E-state index contributed by atoms with van der Waals surface area (Å²) in [6, 6.07) is 5.22. The minimum Gasteiger partial charge on any atom is -0.481 e. The van der Waals surface area contributed by atoms with Crippen LogP contribution in [0.3, 0.4) is 0 Å². The number of benzene rings is 1. The Balaban J connectivity index is 2.92. The van der Waals surface area contributed by atoms with Gasteiger partial charge in [-0.15, -0.1) is 0 Å². The number of hydrogen-bond donors (Lipinski definition) is 1. The molecular weight excluding hydrogens is 273 g/mol. The van der Waals surface area contributed by atoms with Gasteiger partial charge in [0.25, 0.3) is 0 Å². The van der Waals surface area contributed by atoms with Crippen LogP contribution in [0.15, 0.2) is 18.2 Å². The zero-order valence-corrected chi connectivity index (χ0v) is 12.0. The van der Waals surface area contributed by atoms with Gasteiger partial charge in [0, 0.05) is 18.1 Å². The van der Waals surface area contributed by atoms with Crippen LogP contribution in [0.1, 0.15) is 20.3 Å². The van der Waals surface area contributed by atoms with E-state index >= 15 is 0 Å².